The highest BCUT2D eigenvalue weighted by atomic mass is 32.2. The first-order valence-corrected chi connectivity index (χ1v) is 9.38. The Morgan fingerprint density at radius 1 is 1.04 bits per heavy atom. The number of hydrogen-bond donors (Lipinski definition) is 0. The van der Waals surface area contributed by atoms with E-state index in [0.29, 0.717) is 5.69 Å². The lowest BCUT2D eigenvalue weighted by Crippen LogP contribution is -2.29. The van der Waals surface area contributed by atoms with Gasteiger partial charge in [-0.25, -0.2) is 9.98 Å². The van der Waals surface area contributed by atoms with Crippen LogP contribution in [0.25, 0.3) is 11.0 Å². The van der Waals surface area contributed by atoms with Crippen LogP contribution >= 0.6 is 11.8 Å². The Balaban J connectivity index is 1.79. The van der Waals surface area contributed by atoms with Gasteiger partial charge in [-0.05, 0) is 48.7 Å². The second kappa shape index (κ2) is 6.77. The third-order valence-corrected chi connectivity index (χ3v) is 4.92. The number of fused-ring (bicyclic) bond motifs is 1. The molecule has 0 fully saturated rings. The van der Waals surface area contributed by atoms with Crippen molar-refractivity contribution in [3.63, 3.8) is 0 Å². The fraction of sp³-hybridized carbons (Fsp3) is 0.158. The minimum atomic E-state index is -4.36. The van der Waals surface area contributed by atoms with Crippen molar-refractivity contribution in [1.82, 2.24) is 9.55 Å². The summed E-state index contributed by atoms with van der Waals surface area (Å²) in [6.45, 7) is 0. The van der Waals surface area contributed by atoms with Gasteiger partial charge in [0.2, 0.25) is 6.29 Å². The van der Waals surface area contributed by atoms with Crippen LogP contribution in [0.1, 0.15) is 11.9 Å². The minimum Gasteiger partial charge on any atom is -0.308 e. The molecule has 2 heterocycles. The van der Waals surface area contributed by atoms with Gasteiger partial charge < -0.3 is 4.90 Å². The normalized spacial score (nSPS) is 17.0. The van der Waals surface area contributed by atoms with E-state index < -0.39 is 18.0 Å². The van der Waals surface area contributed by atoms with Crippen LogP contribution in [-0.2, 0) is 6.18 Å². The molecule has 0 saturated heterocycles. The number of aromatic nitrogens is 2. The molecule has 1 aliphatic rings. The SMILES string of the molecule is CSc1nc2ccccc2n1C1N=CC=CN1c1ccc(C(F)(F)F)cc1. The van der Waals surface area contributed by atoms with Crippen molar-refractivity contribution >= 4 is 34.7 Å². The largest absolute Gasteiger partial charge is 0.416 e. The molecular formula is C19H15F3N4S. The number of hydrogen-bond acceptors (Lipinski definition) is 4. The standard InChI is InChI=1S/C19H15F3N4S/c1-27-18-24-15-5-2-3-6-16(15)26(18)17-23-11-4-12-25(17)14-9-7-13(8-10-14)19(20,21)22/h2-12,17H,1H3. The maximum absolute atomic E-state index is 12.9. The van der Waals surface area contributed by atoms with Crippen molar-refractivity contribution in [3.8, 4) is 0 Å². The quantitative estimate of drug-likeness (QED) is 0.568. The summed E-state index contributed by atoms with van der Waals surface area (Å²) >= 11 is 1.50. The monoisotopic (exact) mass is 388 g/mol. The number of aliphatic imine (C=N–C) groups is 1. The van der Waals surface area contributed by atoms with E-state index in [2.05, 4.69) is 9.98 Å². The second-order valence-electron chi connectivity index (χ2n) is 5.90. The molecule has 0 bridgehead atoms. The Morgan fingerprint density at radius 3 is 2.48 bits per heavy atom. The lowest BCUT2D eigenvalue weighted by Gasteiger charge is -2.31. The first kappa shape index (κ1) is 17.7. The lowest BCUT2D eigenvalue weighted by molar-refractivity contribution is -0.137. The van der Waals surface area contributed by atoms with Gasteiger partial charge in [-0.3, -0.25) is 4.57 Å². The Bertz CT molecular complexity index is 1020. The van der Waals surface area contributed by atoms with Gasteiger partial charge in [0, 0.05) is 18.1 Å². The number of anilines is 1. The summed E-state index contributed by atoms with van der Waals surface area (Å²) in [5.74, 6) is 0. The molecule has 0 saturated carbocycles. The number of rotatable bonds is 3. The van der Waals surface area contributed by atoms with Crippen LogP contribution in [0.15, 0.2) is 71.0 Å². The smallest absolute Gasteiger partial charge is 0.308 e. The molecule has 27 heavy (non-hydrogen) atoms. The number of allylic oxidation sites excluding steroid dienone is 1. The summed E-state index contributed by atoms with van der Waals surface area (Å²) < 4.78 is 40.6. The molecule has 0 amide bonds. The Kier molecular flexibility index (Phi) is 4.43. The van der Waals surface area contributed by atoms with Crippen LogP contribution in [-0.4, -0.2) is 22.0 Å². The second-order valence-corrected chi connectivity index (χ2v) is 6.67. The summed E-state index contributed by atoms with van der Waals surface area (Å²) in [6.07, 6.45) is 2.35. The summed E-state index contributed by atoms with van der Waals surface area (Å²) in [4.78, 5) is 11.0. The molecule has 1 atom stereocenters. The van der Waals surface area contributed by atoms with Gasteiger partial charge in [-0.2, -0.15) is 13.2 Å². The molecule has 8 heteroatoms. The van der Waals surface area contributed by atoms with Crippen molar-refractivity contribution in [3.05, 3.63) is 66.4 Å². The molecule has 2 aromatic carbocycles. The van der Waals surface area contributed by atoms with Crippen LogP contribution in [0.5, 0.6) is 0 Å². The van der Waals surface area contributed by atoms with Crippen LogP contribution in [0, 0.1) is 0 Å². The van der Waals surface area contributed by atoms with Gasteiger partial charge in [0.05, 0.1) is 16.6 Å². The lowest BCUT2D eigenvalue weighted by atomic mass is 10.2. The molecule has 1 aliphatic heterocycles. The first-order chi connectivity index (χ1) is 13.0. The maximum Gasteiger partial charge on any atom is 0.416 e. The molecule has 3 aromatic rings. The van der Waals surface area contributed by atoms with E-state index in [0.717, 1.165) is 28.3 Å². The molecule has 4 rings (SSSR count). The van der Waals surface area contributed by atoms with E-state index in [9.17, 15) is 13.2 Å². The number of benzene rings is 2. The molecule has 0 N–H and O–H groups in total. The number of nitrogens with zero attached hydrogens (tertiary/aromatic N) is 4. The zero-order valence-corrected chi connectivity index (χ0v) is 15.1. The number of halogens is 3. The van der Waals surface area contributed by atoms with Crippen molar-refractivity contribution in [2.24, 2.45) is 4.99 Å². The summed E-state index contributed by atoms with van der Waals surface area (Å²) in [6, 6.07) is 12.8. The topological polar surface area (TPSA) is 33.4 Å². The van der Waals surface area contributed by atoms with Crippen molar-refractivity contribution in [1.29, 1.82) is 0 Å². The zero-order chi connectivity index (χ0) is 19.0. The van der Waals surface area contributed by atoms with Crippen molar-refractivity contribution < 1.29 is 13.2 Å². The van der Waals surface area contributed by atoms with Crippen LogP contribution < -0.4 is 4.90 Å². The fourth-order valence-electron chi connectivity index (χ4n) is 3.03. The highest BCUT2D eigenvalue weighted by Gasteiger charge is 2.31. The summed E-state index contributed by atoms with van der Waals surface area (Å²) in [5, 5.41) is 0.783. The van der Waals surface area contributed by atoms with Crippen LogP contribution in [0.2, 0.25) is 0 Å². The summed E-state index contributed by atoms with van der Waals surface area (Å²) in [7, 11) is 0. The number of alkyl halides is 3. The Labute approximate surface area is 158 Å². The van der Waals surface area contributed by atoms with Crippen molar-refractivity contribution in [2.75, 3.05) is 11.2 Å². The Morgan fingerprint density at radius 2 is 1.78 bits per heavy atom. The first-order valence-electron chi connectivity index (χ1n) is 8.15. The van der Waals surface area contributed by atoms with Gasteiger partial charge in [0.1, 0.15) is 0 Å². The predicted molar refractivity (Wildman–Crippen MR) is 102 cm³/mol. The zero-order valence-electron chi connectivity index (χ0n) is 14.3. The molecule has 0 aliphatic carbocycles. The third-order valence-electron chi connectivity index (χ3n) is 4.27. The fourth-order valence-corrected chi connectivity index (χ4v) is 3.61. The van der Waals surface area contributed by atoms with Gasteiger partial charge in [-0.1, -0.05) is 23.9 Å². The molecule has 0 radical (unpaired) electrons. The van der Waals surface area contributed by atoms with E-state index in [-0.39, 0.29) is 0 Å². The van der Waals surface area contributed by atoms with Gasteiger partial charge in [-0.15, -0.1) is 0 Å². The van der Waals surface area contributed by atoms with Gasteiger partial charge >= 0.3 is 6.18 Å². The highest BCUT2D eigenvalue weighted by molar-refractivity contribution is 7.98. The molecule has 4 nitrogen and oxygen atoms in total. The van der Waals surface area contributed by atoms with Crippen LogP contribution in [0.4, 0.5) is 18.9 Å². The highest BCUT2D eigenvalue weighted by Crippen LogP contribution is 2.35. The Hall–Kier alpha value is -2.74. The van der Waals surface area contributed by atoms with E-state index in [1.54, 1.807) is 18.5 Å². The number of para-hydroxylation sites is 2. The number of imidazole rings is 1. The van der Waals surface area contributed by atoms with Crippen LogP contribution in [0.3, 0.4) is 0 Å². The average molecular weight is 388 g/mol. The van der Waals surface area contributed by atoms with Gasteiger partial charge in [0.15, 0.2) is 5.16 Å². The van der Waals surface area contributed by atoms with E-state index in [4.69, 9.17) is 0 Å². The minimum absolute atomic E-state index is 0.471. The van der Waals surface area contributed by atoms with E-state index in [1.165, 1.54) is 23.9 Å². The maximum atomic E-state index is 12.9. The number of thioether (sulfide) groups is 1. The van der Waals surface area contributed by atoms with Crippen molar-refractivity contribution in [2.45, 2.75) is 17.6 Å². The third kappa shape index (κ3) is 3.21. The molecule has 1 aromatic heterocycles. The van der Waals surface area contributed by atoms with E-state index in [1.807, 2.05) is 40.0 Å². The molecule has 138 valence electrons. The molecule has 0 spiro atoms. The predicted octanol–water partition coefficient (Wildman–Crippen LogP) is 5.34. The summed E-state index contributed by atoms with van der Waals surface area (Å²) in [5.41, 5.74) is 1.70. The molecule has 1 unspecified atom stereocenters. The van der Waals surface area contributed by atoms with E-state index >= 15 is 0 Å². The average Bonchev–Trinajstić information content (AvgIpc) is 3.06. The van der Waals surface area contributed by atoms with Gasteiger partial charge in [0.25, 0.3) is 0 Å². The molecular weight excluding hydrogens is 373 g/mol.